The van der Waals surface area contributed by atoms with Crippen molar-refractivity contribution >= 4 is 52.0 Å². The molecule has 9 rings (SSSR count). The standard InChI is InChI=1S/C43H58N4O12.C41H76N2O15.C10H24N2O2/c1-21-12-11-13-22(2)42(55)45-33-28(20-44-47-17-15-46(9)16-18-47)37(52)30-31(38(33)53)36(51)26(6)40-32(30)41(54)43(8,59-40)57-19-14-29(56-10)23(3)39(58-27(7)48)25(5)35(50)24(4)34(21)49;1-15-29-41(10,49)34(45)24(4)31(42-53-21-52-17-16-50-13)22(2)19-39(8,48)36(58-38-32(44)28(43(11)12)18-23(3)54-38)25(5)33(26(6)37(47)56-29)57-30-20-40(9,51-14)35(46)27(7)55-30;1-3-9(7-13)11-5-6-12-10(4-2)8-14/h11-14,19-21,23-25,29,34-35,39,49-53H,15-18H2,1-10H3,(H,45,55);22-30,32-36,38,44-46,48-49H,15-21H2,1-14H3;9-14H,3-8H2,1-2H3/b12-11+,19-14+,22-13-,44-20-;42-31+;/t21-,23-,24-,25-,29+,34+,35+,39-,43+;22-,23-,24+,25+,26-,27+,28+,29-,30+,32-,33-,34-,35+,36-,38+,39-,40-,41-;9-,10-/m110/s1. The van der Waals surface area contributed by atoms with Gasteiger partial charge < -0.3 is 149 Å². The van der Waals surface area contributed by atoms with Crippen LogP contribution < -0.4 is 20.7 Å². The van der Waals surface area contributed by atoms with Gasteiger partial charge in [0.25, 0.3) is 11.7 Å². The van der Waals surface area contributed by atoms with Gasteiger partial charge in [0.15, 0.2) is 18.3 Å². The van der Waals surface area contributed by atoms with Crippen LogP contribution in [0.4, 0.5) is 5.69 Å². The third-order valence-electron chi connectivity index (χ3n) is 26.9. The number of phenolic OH excluding ortho intramolecular Hbond substituents is 3. The number of aliphatic hydroxyl groups is 9. The van der Waals surface area contributed by atoms with Crippen molar-refractivity contribution < 1.29 is 142 Å². The molecule has 29 atom stereocenters. The van der Waals surface area contributed by atoms with Gasteiger partial charge in [-0.15, -0.1) is 0 Å². The molecule has 2 aromatic carbocycles. The summed E-state index contributed by atoms with van der Waals surface area (Å²) in [5, 5.41) is 155. The van der Waals surface area contributed by atoms with Gasteiger partial charge in [-0.1, -0.05) is 92.6 Å². The second-order valence-electron chi connectivity index (χ2n) is 37.3. The maximum atomic E-state index is 14.4. The van der Waals surface area contributed by atoms with E-state index in [2.05, 4.69) is 31.1 Å². The van der Waals surface area contributed by atoms with E-state index in [9.17, 15) is 70.2 Å². The zero-order chi connectivity index (χ0) is 98.4. The number of amides is 1. The van der Waals surface area contributed by atoms with Crippen molar-refractivity contribution in [2.75, 3.05) is 120 Å². The van der Waals surface area contributed by atoms with Gasteiger partial charge in [-0.25, -0.2) is 0 Å². The van der Waals surface area contributed by atoms with E-state index >= 15 is 0 Å². The molecule has 7 heterocycles. The van der Waals surface area contributed by atoms with Gasteiger partial charge in [0.05, 0.1) is 133 Å². The summed E-state index contributed by atoms with van der Waals surface area (Å²) < 4.78 is 71.7. The number of ether oxygens (including phenoxy) is 12. The molecule has 131 heavy (non-hydrogen) atoms. The lowest BCUT2D eigenvalue weighted by molar-refractivity contribution is -0.317. The first-order valence-corrected chi connectivity index (χ1v) is 46.0. The Morgan fingerprint density at radius 1 is 0.748 bits per heavy atom. The van der Waals surface area contributed by atoms with Crippen LogP contribution in [0.15, 0.2) is 46.4 Å². The molecule has 7 aliphatic rings. The van der Waals surface area contributed by atoms with Crippen molar-refractivity contribution in [3.63, 3.8) is 0 Å². The minimum Gasteiger partial charge on any atom is -0.507 e. The Morgan fingerprint density at radius 2 is 1.37 bits per heavy atom. The number of nitrogens with zero attached hydrogens (tertiary/aromatic N) is 5. The van der Waals surface area contributed by atoms with E-state index in [4.69, 9.17) is 71.9 Å². The Kier molecular flexibility index (Phi) is 43.7. The fourth-order valence-corrected chi connectivity index (χ4v) is 18.1. The predicted octanol–water partition coefficient (Wildman–Crippen LogP) is 6.25. The number of carbonyl (C=O) groups excluding carboxylic acids is 4. The minimum atomic E-state index is -2.04. The van der Waals surface area contributed by atoms with Crippen molar-refractivity contribution in [1.82, 2.24) is 25.4 Å². The first-order valence-electron chi connectivity index (χ1n) is 46.0. The normalized spacial score (nSPS) is 36.4. The van der Waals surface area contributed by atoms with E-state index in [0.717, 1.165) is 39.0 Å². The van der Waals surface area contributed by atoms with E-state index in [1.54, 1.807) is 100 Å². The molecule has 5 bridgehead atoms. The number of aromatic hydroxyl groups is 3. The van der Waals surface area contributed by atoms with E-state index in [-0.39, 0.29) is 115 Å². The number of phenols is 3. The van der Waals surface area contributed by atoms with E-state index in [1.807, 2.05) is 53.7 Å². The van der Waals surface area contributed by atoms with Crippen molar-refractivity contribution in [3.05, 3.63) is 52.8 Å². The smallest absolute Gasteiger partial charge is 0.312 e. The number of aliphatic hydroxyl groups excluding tert-OH is 7. The topological polar surface area (TPSA) is 502 Å². The van der Waals surface area contributed by atoms with Crippen LogP contribution in [0.2, 0.25) is 0 Å². The SMILES string of the molecule is CC[C@@H](CO)NCCN[C@@H](CC)CO.CC[C@H]1OC(=O)[C@H](C)[C@H](O[C@H]2C[C@@](C)(OC)[C@@H](O)[C@H](C)O2)[C@H](C)[C@@H](O[C@@H]2O[C@H](C)C[C@H](N(C)C)[C@H]2O)[C@](C)(O)C[C@@H](C)/C(=N\OCOCCOC)[C@H](C)[C@@H](O)[C@]1(C)O.CO[C@H]1/C=C/O[C@@]2(C)Oc3c(C)c(O)c4c(O)c(c(/C=N\N5CCN(C)CC5)c(O)c4c3C2=O)NC(=O)/C(C)=C\C=C\[C@@H](C)[C@H](O)[C@@H](C)[C@H](O)[C@@H](C)[C@H](OC(C)=O)[C@@H]1C. The quantitative estimate of drug-likeness (QED) is 0.00940. The molecule has 4 fully saturated rings. The number of likely N-dealkylation sites (N-methyl/N-ethyl adjacent to an activating group) is 2. The van der Waals surface area contributed by atoms with E-state index < -0.39 is 191 Å². The molecule has 0 saturated carbocycles. The van der Waals surface area contributed by atoms with Crippen LogP contribution in [0.5, 0.6) is 23.0 Å². The molecule has 2 aromatic rings. The van der Waals surface area contributed by atoms with Crippen molar-refractivity contribution in [2.45, 2.75) is 304 Å². The lowest BCUT2D eigenvalue weighted by Crippen LogP contribution is -2.61. The Labute approximate surface area is 773 Å². The molecule has 37 heteroatoms. The molecular formula is C94H158N8O29. The summed E-state index contributed by atoms with van der Waals surface area (Å²) in [7, 11) is 10.2. The number of benzene rings is 2. The number of Topliss-reactive ketones (excluding diaryl/α,β-unsaturated/α-hetero) is 1. The first-order chi connectivity index (χ1) is 61.5. The number of hydrogen-bond donors (Lipinski definition) is 15. The number of carbonyl (C=O) groups is 4. The molecule has 1 amide bonds. The number of fused-ring (bicyclic) bond motifs is 14. The van der Waals surface area contributed by atoms with Crippen LogP contribution in [-0.2, 0) is 71.3 Å². The number of methoxy groups -OCH3 is 3. The summed E-state index contributed by atoms with van der Waals surface area (Å²) in [6.07, 6.45) is -2.76. The van der Waals surface area contributed by atoms with Gasteiger partial charge in [-0.2, -0.15) is 5.10 Å². The largest absolute Gasteiger partial charge is 0.507 e. The van der Waals surface area contributed by atoms with Gasteiger partial charge in [0, 0.05) is 157 Å². The molecular weight excluding hydrogens is 1710 g/mol. The lowest BCUT2D eigenvalue weighted by Gasteiger charge is -2.49. The number of rotatable bonds is 26. The van der Waals surface area contributed by atoms with Gasteiger partial charge in [0.2, 0.25) is 6.79 Å². The Morgan fingerprint density at radius 3 is 1.94 bits per heavy atom. The molecule has 748 valence electrons. The zero-order valence-electron chi connectivity index (χ0n) is 82.0. The molecule has 0 spiro atoms. The van der Waals surface area contributed by atoms with Gasteiger partial charge in [-0.3, -0.25) is 24.2 Å². The Bertz CT molecular complexity index is 4100. The van der Waals surface area contributed by atoms with Crippen LogP contribution >= 0.6 is 0 Å². The number of esters is 2. The van der Waals surface area contributed by atoms with Crippen LogP contribution in [0.25, 0.3) is 10.8 Å². The maximum Gasteiger partial charge on any atom is 0.312 e. The molecule has 37 nitrogen and oxygen atoms in total. The van der Waals surface area contributed by atoms with Gasteiger partial charge in [-0.05, 0) is 115 Å². The van der Waals surface area contributed by atoms with Crippen molar-refractivity contribution in [1.29, 1.82) is 0 Å². The summed E-state index contributed by atoms with van der Waals surface area (Å²) >= 11 is 0. The highest BCUT2D eigenvalue weighted by molar-refractivity contribution is 6.24. The maximum absolute atomic E-state index is 14.4. The number of ketones is 1. The average molecular weight is 1860 g/mol. The summed E-state index contributed by atoms with van der Waals surface area (Å²) in [6.45, 7) is 38.5. The number of hydrogen-bond acceptors (Lipinski definition) is 36. The Balaban J connectivity index is 0.000000351. The van der Waals surface area contributed by atoms with Gasteiger partial charge in [0.1, 0.15) is 47.3 Å². The van der Waals surface area contributed by atoms with Crippen molar-refractivity contribution in [3.8, 4) is 23.0 Å². The summed E-state index contributed by atoms with van der Waals surface area (Å²) in [5.41, 5.74) is -4.84. The molecule has 0 unspecified atom stereocenters. The third kappa shape index (κ3) is 28.4. The number of anilines is 1. The lowest BCUT2D eigenvalue weighted by atomic mass is 9.73. The fourth-order valence-electron chi connectivity index (χ4n) is 18.1. The van der Waals surface area contributed by atoms with E-state index in [1.165, 1.54) is 73.5 Å². The van der Waals surface area contributed by atoms with Crippen LogP contribution in [0, 0.1) is 54.3 Å². The number of cyclic esters (lactones) is 1. The highest BCUT2D eigenvalue weighted by atomic mass is 16.7. The number of piperazine rings is 1. The highest BCUT2D eigenvalue weighted by Gasteiger charge is 2.55. The van der Waals surface area contributed by atoms with E-state index in [0.29, 0.717) is 31.8 Å². The van der Waals surface area contributed by atoms with Crippen LogP contribution in [0.1, 0.15) is 192 Å². The summed E-state index contributed by atoms with van der Waals surface area (Å²) in [5.74, 6) is -12.5. The van der Waals surface area contributed by atoms with Crippen LogP contribution in [0.3, 0.4) is 0 Å². The summed E-state index contributed by atoms with van der Waals surface area (Å²) in [6, 6.07) is 0.0720. The van der Waals surface area contributed by atoms with Crippen molar-refractivity contribution in [2.24, 2.45) is 57.6 Å². The first kappa shape index (κ1) is 113. The fraction of sp³-hybridized carbons (Fsp3) is 0.766. The van der Waals surface area contributed by atoms with Crippen LogP contribution in [-0.4, -0.2) is 353 Å². The minimum absolute atomic E-state index is 0.0307. The number of oxime groups is 1. The molecule has 15 N–H and O–H groups in total. The third-order valence-corrected chi connectivity index (χ3v) is 26.9. The number of hydrazone groups is 1. The predicted molar refractivity (Wildman–Crippen MR) is 491 cm³/mol. The monoisotopic (exact) mass is 1860 g/mol. The number of allylic oxidation sites excluding steroid dienone is 2. The zero-order valence-corrected chi connectivity index (χ0v) is 82.0. The molecule has 0 aromatic heterocycles. The second kappa shape index (κ2) is 50.8. The molecule has 7 aliphatic heterocycles. The highest BCUT2D eigenvalue weighted by Crippen LogP contribution is 2.56. The second-order valence-corrected chi connectivity index (χ2v) is 37.3. The summed E-state index contributed by atoms with van der Waals surface area (Å²) in [4.78, 5) is 64.4. The molecule has 0 radical (unpaired) electrons. The molecule has 0 aliphatic carbocycles. The van der Waals surface area contributed by atoms with Gasteiger partial charge >= 0.3 is 17.7 Å². The average Bonchev–Trinajstić information content (AvgIpc) is 1.57. The Hall–Kier alpha value is -6.90. The molecule has 4 saturated heterocycles. The number of nitrogens with one attached hydrogen (secondary N) is 3.